The van der Waals surface area contributed by atoms with E-state index in [1.54, 1.807) is 0 Å². The predicted octanol–water partition coefficient (Wildman–Crippen LogP) is 2.97. The second kappa shape index (κ2) is 2.73. The highest BCUT2D eigenvalue weighted by molar-refractivity contribution is 5.03. The highest BCUT2D eigenvalue weighted by Crippen LogP contribution is 2.59. The molecule has 0 spiro atoms. The fourth-order valence-corrected chi connectivity index (χ4v) is 4.11. The minimum absolute atomic E-state index is 0.0275. The summed E-state index contributed by atoms with van der Waals surface area (Å²) >= 11 is 0. The first-order valence-corrected chi connectivity index (χ1v) is 5.64. The molecule has 2 aliphatic rings. The van der Waals surface area contributed by atoms with Gasteiger partial charge in [-0.1, -0.05) is 27.2 Å². The van der Waals surface area contributed by atoms with E-state index in [4.69, 9.17) is 0 Å². The van der Waals surface area contributed by atoms with Gasteiger partial charge in [0, 0.05) is 0 Å². The van der Waals surface area contributed by atoms with Gasteiger partial charge in [-0.3, -0.25) is 0 Å². The van der Waals surface area contributed by atoms with Crippen LogP contribution >= 0.6 is 0 Å². The van der Waals surface area contributed by atoms with Gasteiger partial charge in [0.2, 0.25) is 0 Å². The first-order valence-electron chi connectivity index (χ1n) is 5.64. The van der Waals surface area contributed by atoms with Crippen molar-refractivity contribution in [1.82, 2.24) is 0 Å². The molecule has 0 bridgehead atoms. The molecule has 0 aromatic carbocycles. The second-order valence-corrected chi connectivity index (χ2v) is 6.08. The lowest BCUT2D eigenvalue weighted by Crippen LogP contribution is -2.43. The molecular weight excluding hydrogens is 160 g/mol. The van der Waals surface area contributed by atoms with Crippen molar-refractivity contribution in [3.63, 3.8) is 0 Å². The Labute approximate surface area is 81.5 Å². The molecule has 0 radical (unpaired) electrons. The summed E-state index contributed by atoms with van der Waals surface area (Å²) in [7, 11) is 0. The smallest absolute Gasteiger partial charge is 0.0578 e. The first kappa shape index (κ1) is 9.51. The lowest BCUT2D eigenvalue weighted by atomic mass is 9.57. The van der Waals surface area contributed by atoms with Gasteiger partial charge in [0.05, 0.1) is 6.10 Å². The third-order valence-electron chi connectivity index (χ3n) is 4.56. The molecule has 0 saturated heterocycles. The normalized spacial score (nSPS) is 48.9. The fraction of sp³-hybridized carbons (Fsp3) is 1.00. The van der Waals surface area contributed by atoms with Crippen LogP contribution in [0.1, 0.15) is 52.9 Å². The van der Waals surface area contributed by atoms with Crippen LogP contribution in [0.5, 0.6) is 0 Å². The Kier molecular flexibility index (Phi) is 1.99. The SMILES string of the molecule is CC1(C)CCC[C@]2(C)CC[C@H](O)[C@H]12. The minimum atomic E-state index is -0.0275. The van der Waals surface area contributed by atoms with E-state index in [0.29, 0.717) is 16.7 Å². The number of hydrogen-bond acceptors (Lipinski definition) is 1. The molecule has 2 fully saturated rings. The summed E-state index contributed by atoms with van der Waals surface area (Å²) in [6.45, 7) is 7.06. The van der Waals surface area contributed by atoms with E-state index in [1.807, 2.05) is 0 Å². The second-order valence-electron chi connectivity index (χ2n) is 6.08. The quantitative estimate of drug-likeness (QED) is 0.610. The van der Waals surface area contributed by atoms with Crippen LogP contribution in [0.15, 0.2) is 0 Å². The Bertz CT molecular complexity index is 205. The van der Waals surface area contributed by atoms with Crippen LogP contribution in [0.3, 0.4) is 0 Å². The molecule has 1 N–H and O–H groups in total. The van der Waals surface area contributed by atoms with Crippen molar-refractivity contribution in [2.75, 3.05) is 0 Å². The first-order chi connectivity index (χ1) is 5.96. The zero-order chi connectivity index (χ0) is 9.69. The number of fused-ring (bicyclic) bond motifs is 1. The summed E-state index contributed by atoms with van der Waals surface area (Å²) in [6.07, 6.45) is 6.22. The summed E-state index contributed by atoms with van der Waals surface area (Å²) in [5.41, 5.74) is 0.810. The summed E-state index contributed by atoms with van der Waals surface area (Å²) in [5.74, 6) is 0.550. The molecular formula is C12H22O. The maximum atomic E-state index is 10.0. The maximum absolute atomic E-state index is 10.0. The zero-order valence-corrected chi connectivity index (χ0v) is 9.14. The number of aliphatic hydroxyl groups is 1. The van der Waals surface area contributed by atoms with Crippen molar-refractivity contribution in [1.29, 1.82) is 0 Å². The highest BCUT2D eigenvalue weighted by atomic mass is 16.3. The van der Waals surface area contributed by atoms with Gasteiger partial charge in [0.25, 0.3) is 0 Å². The van der Waals surface area contributed by atoms with Gasteiger partial charge in [-0.25, -0.2) is 0 Å². The molecule has 0 unspecified atom stereocenters. The Morgan fingerprint density at radius 2 is 1.77 bits per heavy atom. The lowest BCUT2D eigenvalue weighted by molar-refractivity contribution is -0.0359. The molecule has 0 aromatic rings. The van der Waals surface area contributed by atoms with E-state index in [0.717, 1.165) is 6.42 Å². The van der Waals surface area contributed by atoms with Gasteiger partial charge >= 0.3 is 0 Å². The summed E-state index contributed by atoms with van der Waals surface area (Å²) in [5, 5.41) is 10.0. The van der Waals surface area contributed by atoms with E-state index >= 15 is 0 Å². The highest BCUT2D eigenvalue weighted by Gasteiger charge is 2.53. The van der Waals surface area contributed by atoms with Crippen LogP contribution in [0.25, 0.3) is 0 Å². The van der Waals surface area contributed by atoms with Gasteiger partial charge in [-0.15, -0.1) is 0 Å². The van der Waals surface area contributed by atoms with Crippen LogP contribution in [0.4, 0.5) is 0 Å². The molecule has 0 amide bonds. The van der Waals surface area contributed by atoms with Crippen LogP contribution in [-0.4, -0.2) is 11.2 Å². The average molecular weight is 182 g/mol. The monoisotopic (exact) mass is 182 g/mol. The van der Waals surface area contributed by atoms with Crippen molar-refractivity contribution < 1.29 is 5.11 Å². The number of hydrogen-bond donors (Lipinski definition) is 1. The van der Waals surface area contributed by atoms with Crippen molar-refractivity contribution in [2.24, 2.45) is 16.7 Å². The van der Waals surface area contributed by atoms with Crippen LogP contribution in [0, 0.1) is 16.7 Å². The molecule has 0 aliphatic heterocycles. The van der Waals surface area contributed by atoms with Crippen molar-refractivity contribution in [3.8, 4) is 0 Å². The molecule has 0 aromatic heterocycles. The largest absolute Gasteiger partial charge is 0.393 e. The average Bonchev–Trinajstić information content (AvgIpc) is 2.27. The van der Waals surface area contributed by atoms with Crippen LogP contribution in [0.2, 0.25) is 0 Å². The van der Waals surface area contributed by atoms with E-state index in [2.05, 4.69) is 20.8 Å². The van der Waals surface area contributed by atoms with Gasteiger partial charge in [-0.2, -0.15) is 0 Å². The zero-order valence-electron chi connectivity index (χ0n) is 9.14. The molecule has 1 nitrogen and oxygen atoms in total. The third kappa shape index (κ3) is 1.32. The number of aliphatic hydroxyl groups excluding tert-OH is 1. The fourth-order valence-electron chi connectivity index (χ4n) is 4.11. The van der Waals surface area contributed by atoms with Gasteiger partial charge < -0.3 is 5.11 Å². The number of rotatable bonds is 0. The van der Waals surface area contributed by atoms with Crippen molar-refractivity contribution in [3.05, 3.63) is 0 Å². The molecule has 3 atom stereocenters. The van der Waals surface area contributed by atoms with E-state index in [9.17, 15) is 5.11 Å². The van der Waals surface area contributed by atoms with E-state index < -0.39 is 0 Å². The van der Waals surface area contributed by atoms with Crippen LogP contribution in [-0.2, 0) is 0 Å². The Morgan fingerprint density at radius 3 is 2.38 bits per heavy atom. The Morgan fingerprint density at radius 1 is 1.08 bits per heavy atom. The van der Waals surface area contributed by atoms with E-state index in [1.165, 1.54) is 25.7 Å². The molecule has 13 heavy (non-hydrogen) atoms. The molecule has 1 heteroatoms. The Balaban J connectivity index is 2.30. The summed E-state index contributed by atoms with van der Waals surface area (Å²) < 4.78 is 0. The molecule has 2 aliphatic carbocycles. The lowest BCUT2D eigenvalue weighted by Gasteiger charge is -2.48. The predicted molar refractivity (Wildman–Crippen MR) is 54.5 cm³/mol. The topological polar surface area (TPSA) is 20.2 Å². The van der Waals surface area contributed by atoms with E-state index in [-0.39, 0.29) is 6.10 Å². The van der Waals surface area contributed by atoms with Crippen molar-refractivity contribution in [2.45, 2.75) is 59.0 Å². The molecule has 0 heterocycles. The van der Waals surface area contributed by atoms with Crippen LogP contribution < -0.4 is 0 Å². The summed E-state index contributed by atoms with van der Waals surface area (Å²) in [4.78, 5) is 0. The molecule has 2 saturated carbocycles. The molecule has 76 valence electrons. The minimum Gasteiger partial charge on any atom is -0.393 e. The third-order valence-corrected chi connectivity index (χ3v) is 4.56. The summed E-state index contributed by atoms with van der Waals surface area (Å²) in [6, 6.07) is 0. The van der Waals surface area contributed by atoms with Gasteiger partial charge in [0.1, 0.15) is 0 Å². The van der Waals surface area contributed by atoms with Gasteiger partial charge in [0.15, 0.2) is 0 Å². The molecule has 2 rings (SSSR count). The Hall–Kier alpha value is -0.0400. The van der Waals surface area contributed by atoms with Crippen molar-refractivity contribution >= 4 is 0 Å². The standard InChI is InChI=1S/C12H22O/c1-11(2)6-4-7-12(3)8-5-9(13)10(11)12/h9-10,13H,4-8H2,1-3H3/t9-,10+,12+/m0/s1. The van der Waals surface area contributed by atoms with Gasteiger partial charge in [-0.05, 0) is 42.4 Å². The maximum Gasteiger partial charge on any atom is 0.0578 e.